The topological polar surface area (TPSA) is 0 Å². The van der Waals surface area contributed by atoms with Crippen molar-refractivity contribution in [2.24, 2.45) is 0 Å². The van der Waals surface area contributed by atoms with Gasteiger partial charge in [0.2, 0.25) is 0 Å². The number of hydrogen-bond donors (Lipinski definition) is 0. The van der Waals surface area contributed by atoms with Crippen molar-refractivity contribution in [2.45, 2.75) is 10.4 Å². The van der Waals surface area contributed by atoms with E-state index < -0.39 is 45.8 Å². The van der Waals surface area contributed by atoms with Crippen LogP contribution in [0.5, 0.6) is 0 Å². The fourth-order valence-corrected chi connectivity index (χ4v) is 19.0. The average Bonchev–Trinajstić information content (AvgIpc) is 2.85. The summed E-state index contributed by atoms with van der Waals surface area (Å²) in [5.41, 5.74) is 0. The van der Waals surface area contributed by atoms with Crippen LogP contribution >= 0.6 is 18.8 Å². The van der Waals surface area contributed by atoms with Crippen molar-refractivity contribution in [1.29, 1.82) is 0 Å². The van der Waals surface area contributed by atoms with Crippen molar-refractivity contribution in [1.82, 2.24) is 0 Å². The Morgan fingerprint density at radius 3 is 0.806 bits per heavy atom. The SMILES string of the molecule is [Cl][Pt][Cl].c1ccc([AsH](CC[AsH](c2ccccc2)c2ccccc2)c2ccccc2)cc1. The molecule has 0 heterocycles. The molecule has 164 valence electrons. The molecule has 0 saturated heterocycles. The summed E-state index contributed by atoms with van der Waals surface area (Å²) in [5, 5.41) is 2.71. The van der Waals surface area contributed by atoms with E-state index in [1.54, 1.807) is 17.4 Å². The van der Waals surface area contributed by atoms with E-state index in [4.69, 9.17) is 18.8 Å². The zero-order valence-electron chi connectivity index (χ0n) is 17.0. The summed E-state index contributed by atoms with van der Waals surface area (Å²) >= 11 is -3.56. The van der Waals surface area contributed by atoms with Gasteiger partial charge in [0, 0.05) is 0 Å². The first-order valence-corrected chi connectivity index (χ1v) is 22.9. The van der Waals surface area contributed by atoms with Crippen LogP contribution in [0.2, 0.25) is 10.4 Å². The van der Waals surface area contributed by atoms with Gasteiger partial charge >= 0.3 is 214 Å². The second-order valence-corrected chi connectivity index (χ2v) is 21.2. The Morgan fingerprint density at radius 1 is 0.419 bits per heavy atom. The van der Waals surface area contributed by atoms with E-state index >= 15 is 0 Å². The molecule has 0 saturated carbocycles. The third-order valence-corrected chi connectivity index (χ3v) is 19.1. The molecule has 31 heavy (non-hydrogen) atoms. The maximum absolute atomic E-state index is 4.88. The molecule has 0 atom stereocenters. The van der Waals surface area contributed by atoms with Crippen molar-refractivity contribution in [2.75, 3.05) is 0 Å². The molecule has 0 aliphatic carbocycles. The van der Waals surface area contributed by atoms with Crippen molar-refractivity contribution < 1.29 is 16.5 Å². The van der Waals surface area contributed by atoms with Crippen LogP contribution in [0.3, 0.4) is 0 Å². The summed E-state index contributed by atoms with van der Waals surface area (Å²) in [6, 6.07) is 45.0. The molecule has 4 aromatic carbocycles. The number of hydrogen-bond acceptors (Lipinski definition) is 0. The molecule has 0 N–H and O–H groups in total. The molecule has 0 unspecified atom stereocenters. The van der Waals surface area contributed by atoms with Crippen molar-refractivity contribution in [3.05, 3.63) is 121 Å². The molecule has 4 aromatic rings. The second-order valence-electron chi connectivity index (χ2n) is 6.97. The summed E-state index contributed by atoms with van der Waals surface area (Å²) in [6.45, 7) is 0. The number of rotatable bonds is 7. The Labute approximate surface area is 211 Å². The number of halogens is 2. The summed E-state index contributed by atoms with van der Waals surface area (Å²) in [4.78, 5) is 0. The molecule has 0 aromatic heterocycles. The van der Waals surface area contributed by atoms with Gasteiger partial charge in [-0.05, 0) is 0 Å². The first-order chi connectivity index (χ1) is 15.3. The van der Waals surface area contributed by atoms with E-state index in [2.05, 4.69) is 121 Å². The molecule has 0 amide bonds. The van der Waals surface area contributed by atoms with Gasteiger partial charge in [-0.25, -0.2) is 0 Å². The molecule has 0 nitrogen and oxygen atoms in total. The molecule has 0 fully saturated rings. The normalized spacial score (nSPS) is 10.7. The van der Waals surface area contributed by atoms with Crippen LogP contribution in [0.4, 0.5) is 0 Å². The summed E-state index contributed by atoms with van der Waals surface area (Å²) in [5.74, 6) is 0. The van der Waals surface area contributed by atoms with Crippen LogP contribution < -0.4 is 17.4 Å². The van der Waals surface area contributed by atoms with Gasteiger partial charge in [0.05, 0.1) is 0 Å². The van der Waals surface area contributed by atoms with Gasteiger partial charge in [0.25, 0.3) is 0 Å². The zero-order valence-corrected chi connectivity index (χ0v) is 25.0. The minimum absolute atomic E-state index is 0.472. The van der Waals surface area contributed by atoms with Crippen molar-refractivity contribution in [3.8, 4) is 0 Å². The Morgan fingerprint density at radius 2 is 0.613 bits per heavy atom. The molecular weight excluding hydrogens is 728 g/mol. The Hall–Kier alpha value is -0.735. The van der Waals surface area contributed by atoms with Crippen LogP contribution in [0.25, 0.3) is 0 Å². The van der Waals surface area contributed by atoms with Gasteiger partial charge in [-0.3, -0.25) is 0 Å². The van der Waals surface area contributed by atoms with Gasteiger partial charge < -0.3 is 0 Å². The Kier molecular flexibility index (Phi) is 11.6. The first-order valence-electron chi connectivity index (χ1n) is 10.1. The molecular formula is C26H26As2Cl2Pt. The molecule has 5 heteroatoms. The van der Waals surface area contributed by atoms with Crippen LogP contribution in [-0.2, 0) is 16.5 Å². The third kappa shape index (κ3) is 7.96. The molecule has 0 bridgehead atoms. The van der Waals surface area contributed by atoms with E-state index in [0.717, 1.165) is 0 Å². The fourth-order valence-electron chi connectivity index (χ4n) is 3.72. The molecule has 0 spiro atoms. The van der Waals surface area contributed by atoms with E-state index in [1.165, 1.54) is 10.4 Å². The summed E-state index contributed by atoms with van der Waals surface area (Å²) < 4.78 is 6.36. The standard InChI is InChI=1S/C26H26As2.2ClH.Pt/c1-5-13-23(14-6-1)27(24-15-7-2-8-16-24)21-22-28(25-17-9-3-10-18-25)26-19-11-4-12-20-26;;;/h1-20,27-28H,21-22H2;2*1H;/q;;;+2/p-2. The zero-order chi connectivity index (χ0) is 21.7. The monoisotopic (exact) mass is 753 g/mol. The molecule has 0 aliphatic rings. The van der Waals surface area contributed by atoms with E-state index in [-0.39, 0.29) is 0 Å². The van der Waals surface area contributed by atoms with Crippen LogP contribution in [0, 0.1) is 0 Å². The van der Waals surface area contributed by atoms with E-state index in [1.807, 2.05) is 0 Å². The predicted octanol–water partition coefficient (Wildman–Crippen LogP) is 4.45. The van der Waals surface area contributed by atoms with Gasteiger partial charge in [-0.2, -0.15) is 0 Å². The van der Waals surface area contributed by atoms with Crippen molar-refractivity contribution >= 4 is 65.5 Å². The molecule has 4 rings (SSSR count). The maximum atomic E-state index is 4.88. The Balaban J connectivity index is 0.000000858. The average molecular weight is 754 g/mol. The van der Waals surface area contributed by atoms with Crippen LogP contribution in [0.15, 0.2) is 121 Å². The predicted molar refractivity (Wildman–Crippen MR) is 140 cm³/mol. The van der Waals surface area contributed by atoms with E-state index in [9.17, 15) is 0 Å². The van der Waals surface area contributed by atoms with Gasteiger partial charge in [-0.1, -0.05) is 0 Å². The fraction of sp³-hybridized carbons (Fsp3) is 0.0769. The minimum atomic E-state index is -1.55. The Bertz CT molecular complexity index is 825. The number of benzene rings is 4. The summed E-state index contributed by atoms with van der Waals surface area (Å²) in [6.07, 6.45) is 0. The van der Waals surface area contributed by atoms with Gasteiger partial charge in [-0.15, -0.1) is 0 Å². The summed E-state index contributed by atoms with van der Waals surface area (Å²) in [7, 11) is 9.75. The molecule has 0 aliphatic heterocycles. The second kappa shape index (κ2) is 14.4. The molecule has 2 radical (unpaired) electrons. The quantitative estimate of drug-likeness (QED) is 0.245. The first kappa shape index (κ1) is 24.9. The van der Waals surface area contributed by atoms with Crippen molar-refractivity contribution in [3.63, 3.8) is 0 Å². The van der Waals surface area contributed by atoms with Crippen LogP contribution in [-0.4, -0.2) is 29.3 Å². The van der Waals surface area contributed by atoms with E-state index in [0.29, 0.717) is 0 Å². The third-order valence-electron chi connectivity index (χ3n) is 5.11. The van der Waals surface area contributed by atoms with Crippen LogP contribution in [0.1, 0.15) is 0 Å². The van der Waals surface area contributed by atoms with Gasteiger partial charge in [0.15, 0.2) is 0 Å². The van der Waals surface area contributed by atoms with Gasteiger partial charge in [0.1, 0.15) is 0 Å².